The smallest absolute Gasteiger partial charge is 0.141 e. The van der Waals surface area contributed by atoms with Gasteiger partial charge in [-0.15, -0.1) is 0 Å². The quantitative estimate of drug-likeness (QED) is 0.774. The third-order valence-corrected chi connectivity index (χ3v) is 3.26. The Morgan fingerprint density at radius 1 is 1.10 bits per heavy atom. The zero-order valence-electron chi connectivity index (χ0n) is 10.4. The fourth-order valence-electron chi connectivity index (χ4n) is 1.88. The molecule has 100 valence electrons. The number of aromatic hydroxyl groups is 1. The number of aromatic nitrogens is 3. The summed E-state index contributed by atoms with van der Waals surface area (Å²) in [7, 11) is 0. The lowest BCUT2D eigenvalue weighted by atomic mass is 10.2. The van der Waals surface area contributed by atoms with Crippen molar-refractivity contribution in [1.82, 2.24) is 15.0 Å². The van der Waals surface area contributed by atoms with Crippen molar-refractivity contribution in [3.8, 4) is 5.75 Å². The van der Waals surface area contributed by atoms with Crippen LogP contribution in [0.15, 0.2) is 43.0 Å². The Hall–Kier alpha value is -2.40. The minimum Gasteiger partial charge on any atom is -0.506 e. The zero-order chi connectivity index (χ0) is 13.9. The van der Waals surface area contributed by atoms with Crippen LogP contribution < -0.4 is 5.32 Å². The number of nitrogens with zero attached hydrogens (tertiary/aromatic N) is 3. The molecule has 5 nitrogen and oxygen atoms in total. The summed E-state index contributed by atoms with van der Waals surface area (Å²) in [5.41, 5.74) is 2.97. The molecule has 0 spiro atoms. The average Bonchev–Trinajstić information content (AvgIpc) is 2.46. The summed E-state index contributed by atoms with van der Waals surface area (Å²) in [6.07, 6.45) is 6.36. The lowest BCUT2D eigenvalue weighted by Crippen LogP contribution is -2.01. The summed E-state index contributed by atoms with van der Waals surface area (Å²) >= 11 is 6.22. The molecular formula is C14H11ClN4O. The molecule has 3 rings (SSSR count). The van der Waals surface area contributed by atoms with E-state index in [1.165, 1.54) is 12.3 Å². The van der Waals surface area contributed by atoms with Crippen molar-refractivity contribution in [2.75, 3.05) is 5.32 Å². The third kappa shape index (κ3) is 2.48. The lowest BCUT2D eigenvalue weighted by molar-refractivity contribution is 0.476. The van der Waals surface area contributed by atoms with Crippen LogP contribution >= 0.6 is 11.6 Å². The van der Waals surface area contributed by atoms with E-state index in [-0.39, 0.29) is 5.75 Å². The zero-order valence-corrected chi connectivity index (χ0v) is 11.2. The molecule has 2 N–H and O–H groups in total. The molecule has 20 heavy (non-hydrogen) atoms. The molecule has 0 radical (unpaired) electrons. The number of halogens is 1. The van der Waals surface area contributed by atoms with Gasteiger partial charge in [0.05, 0.1) is 22.9 Å². The molecule has 2 heterocycles. The second kappa shape index (κ2) is 5.30. The Morgan fingerprint density at radius 3 is 2.60 bits per heavy atom. The number of fused-ring (bicyclic) bond motifs is 1. The van der Waals surface area contributed by atoms with E-state index in [0.717, 1.165) is 16.6 Å². The van der Waals surface area contributed by atoms with E-state index in [0.29, 0.717) is 17.3 Å². The van der Waals surface area contributed by atoms with Gasteiger partial charge in [0.2, 0.25) is 0 Å². The summed E-state index contributed by atoms with van der Waals surface area (Å²) in [6.45, 7) is 0.463. The second-order valence-corrected chi connectivity index (χ2v) is 4.64. The fourth-order valence-corrected chi connectivity index (χ4v) is 2.10. The van der Waals surface area contributed by atoms with Gasteiger partial charge in [-0.25, -0.2) is 0 Å². The van der Waals surface area contributed by atoms with Gasteiger partial charge in [0, 0.05) is 36.2 Å². The Labute approximate surface area is 120 Å². The van der Waals surface area contributed by atoms with Gasteiger partial charge >= 0.3 is 0 Å². The number of nitrogens with one attached hydrogen (secondary N) is 1. The van der Waals surface area contributed by atoms with Gasteiger partial charge in [0.15, 0.2) is 0 Å². The Bertz CT molecular complexity index is 763. The number of anilines is 1. The topological polar surface area (TPSA) is 70.9 Å². The van der Waals surface area contributed by atoms with Gasteiger partial charge in [-0.2, -0.15) is 0 Å². The van der Waals surface area contributed by atoms with E-state index < -0.39 is 0 Å². The van der Waals surface area contributed by atoms with Gasteiger partial charge < -0.3 is 10.4 Å². The molecule has 0 bridgehead atoms. The van der Waals surface area contributed by atoms with Crippen molar-refractivity contribution in [3.63, 3.8) is 0 Å². The van der Waals surface area contributed by atoms with Crippen LogP contribution in [0.5, 0.6) is 5.75 Å². The first-order valence-corrected chi connectivity index (χ1v) is 6.38. The van der Waals surface area contributed by atoms with Gasteiger partial charge in [-0.05, 0) is 17.7 Å². The minimum absolute atomic E-state index is 0.150. The van der Waals surface area contributed by atoms with Crippen LogP contribution in [0.25, 0.3) is 11.0 Å². The number of rotatable bonds is 3. The van der Waals surface area contributed by atoms with Gasteiger partial charge in [-0.1, -0.05) is 11.6 Å². The van der Waals surface area contributed by atoms with Gasteiger partial charge in [0.1, 0.15) is 5.75 Å². The highest BCUT2D eigenvalue weighted by Gasteiger charge is 2.06. The summed E-state index contributed by atoms with van der Waals surface area (Å²) in [5.74, 6) is 0.150. The molecule has 0 saturated heterocycles. The molecule has 1 aromatic carbocycles. The molecule has 2 aromatic heterocycles. The van der Waals surface area contributed by atoms with Crippen molar-refractivity contribution >= 4 is 28.3 Å². The van der Waals surface area contributed by atoms with Crippen molar-refractivity contribution in [3.05, 3.63) is 53.6 Å². The minimum atomic E-state index is 0.150. The van der Waals surface area contributed by atoms with Crippen molar-refractivity contribution in [1.29, 1.82) is 0 Å². The molecule has 3 aromatic rings. The maximum Gasteiger partial charge on any atom is 0.141 e. The third-order valence-electron chi connectivity index (χ3n) is 2.90. The van der Waals surface area contributed by atoms with Gasteiger partial charge in [-0.3, -0.25) is 15.0 Å². The second-order valence-electron chi connectivity index (χ2n) is 4.24. The molecular weight excluding hydrogens is 276 g/mol. The summed E-state index contributed by atoms with van der Waals surface area (Å²) in [4.78, 5) is 12.4. The summed E-state index contributed by atoms with van der Waals surface area (Å²) in [6, 6.07) is 5.19. The van der Waals surface area contributed by atoms with E-state index in [1.807, 2.05) is 6.07 Å². The number of hydrogen-bond acceptors (Lipinski definition) is 5. The number of benzene rings is 1. The Morgan fingerprint density at radius 2 is 1.85 bits per heavy atom. The van der Waals surface area contributed by atoms with Gasteiger partial charge in [0.25, 0.3) is 0 Å². The van der Waals surface area contributed by atoms with Crippen LogP contribution in [-0.4, -0.2) is 20.1 Å². The molecule has 0 amide bonds. The largest absolute Gasteiger partial charge is 0.506 e. The molecule has 0 fully saturated rings. The molecule has 0 aliphatic heterocycles. The molecule has 0 saturated carbocycles. The molecule has 0 unspecified atom stereocenters. The Balaban J connectivity index is 1.87. The van der Waals surface area contributed by atoms with Crippen LogP contribution in [0.4, 0.5) is 5.69 Å². The van der Waals surface area contributed by atoms with Crippen LogP contribution in [0, 0.1) is 0 Å². The molecule has 6 heteroatoms. The lowest BCUT2D eigenvalue weighted by Gasteiger charge is -2.09. The van der Waals surface area contributed by atoms with Crippen LogP contribution in [-0.2, 0) is 6.54 Å². The van der Waals surface area contributed by atoms with E-state index in [2.05, 4.69) is 20.3 Å². The predicted molar refractivity (Wildman–Crippen MR) is 77.8 cm³/mol. The molecule has 0 aliphatic rings. The van der Waals surface area contributed by atoms with E-state index in [1.54, 1.807) is 24.7 Å². The monoisotopic (exact) mass is 286 g/mol. The maximum absolute atomic E-state index is 9.67. The standard InChI is InChI=1S/C14H11ClN4O/c15-10-6-12-11(17-3-4-18-12)5-9(10)7-19-13-8-16-2-1-14(13)20/h1-6,8,19H,7H2,(H,16,20). The van der Waals surface area contributed by atoms with Crippen LogP contribution in [0.3, 0.4) is 0 Å². The van der Waals surface area contributed by atoms with Crippen molar-refractivity contribution in [2.24, 2.45) is 0 Å². The summed E-state index contributed by atoms with van der Waals surface area (Å²) < 4.78 is 0. The molecule has 0 aliphatic carbocycles. The van der Waals surface area contributed by atoms with Crippen molar-refractivity contribution < 1.29 is 5.11 Å². The SMILES string of the molecule is Oc1ccncc1NCc1cc2nccnc2cc1Cl. The predicted octanol–water partition coefficient (Wildman–Crippen LogP) is 3.00. The van der Waals surface area contributed by atoms with Crippen LogP contribution in [0.2, 0.25) is 5.02 Å². The highest BCUT2D eigenvalue weighted by atomic mass is 35.5. The number of hydrogen-bond donors (Lipinski definition) is 2. The first kappa shape index (κ1) is 12.6. The fraction of sp³-hybridized carbons (Fsp3) is 0.0714. The highest BCUT2D eigenvalue weighted by molar-refractivity contribution is 6.32. The maximum atomic E-state index is 9.67. The van der Waals surface area contributed by atoms with E-state index >= 15 is 0 Å². The van der Waals surface area contributed by atoms with E-state index in [4.69, 9.17) is 11.6 Å². The van der Waals surface area contributed by atoms with Crippen LogP contribution in [0.1, 0.15) is 5.56 Å². The average molecular weight is 287 g/mol. The first-order valence-electron chi connectivity index (χ1n) is 6.00. The molecule has 0 atom stereocenters. The Kier molecular flexibility index (Phi) is 3.35. The highest BCUT2D eigenvalue weighted by Crippen LogP contribution is 2.25. The normalized spacial score (nSPS) is 10.7. The first-order chi connectivity index (χ1) is 9.74. The van der Waals surface area contributed by atoms with Crippen molar-refractivity contribution in [2.45, 2.75) is 6.54 Å². The number of pyridine rings is 1. The summed E-state index contributed by atoms with van der Waals surface area (Å²) in [5, 5.41) is 13.4. The van der Waals surface area contributed by atoms with E-state index in [9.17, 15) is 5.11 Å².